The van der Waals surface area contributed by atoms with Gasteiger partial charge in [0.2, 0.25) is 5.91 Å². The molecular formula is C20H21N3O3. The van der Waals surface area contributed by atoms with Gasteiger partial charge in [0.05, 0.1) is 12.1 Å². The zero-order valence-electron chi connectivity index (χ0n) is 14.4. The molecule has 1 N–H and O–H groups in total. The first-order valence-corrected chi connectivity index (χ1v) is 8.58. The van der Waals surface area contributed by atoms with Crippen molar-refractivity contribution in [2.75, 3.05) is 6.54 Å². The third-order valence-corrected chi connectivity index (χ3v) is 4.13. The number of nitrogens with zero attached hydrogens (tertiary/aromatic N) is 3. The summed E-state index contributed by atoms with van der Waals surface area (Å²) >= 11 is 0. The molecule has 0 aliphatic carbocycles. The number of imidazole rings is 1. The minimum atomic E-state index is -0.850. The van der Waals surface area contributed by atoms with Crippen molar-refractivity contribution in [1.29, 1.82) is 0 Å². The molecule has 0 fully saturated rings. The Hall–Kier alpha value is -3.15. The monoisotopic (exact) mass is 351 g/mol. The molecule has 26 heavy (non-hydrogen) atoms. The first-order chi connectivity index (χ1) is 12.6. The summed E-state index contributed by atoms with van der Waals surface area (Å²) in [6, 6.07) is 15.4. The van der Waals surface area contributed by atoms with E-state index < -0.39 is 5.97 Å². The SMILES string of the molecule is O=C(O)CCCN(Cc1ccccc1)C(=O)Cc1cn2ccccc2n1. The van der Waals surface area contributed by atoms with E-state index >= 15 is 0 Å². The first-order valence-electron chi connectivity index (χ1n) is 8.58. The van der Waals surface area contributed by atoms with Gasteiger partial charge in [-0.05, 0) is 24.1 Å². The zero-order chi connectivity index (χ0) is 18.4. The number of amides is 1. The molecule has 2 aromatic heterocycles. The fraction of sp³-hybridized carbons (Fsp3) is 0.250. The van der Waals surface area contributed by atoms with Crippen LogP contribution in [-0.4, -0.2) is 37.8 Å². The van der Waals surface area contributed by atoms with E-state index in [1.54, 1.807) is 4.90 Å². The van der Waals surface area contributed by atoms with E-state index in [2.05, 4.69) is 4.98 Å². The summed E-state index contributed by atoms with van der Waals surface area (Å²) < 4.78 is 1.88. The number of rotatable bonds is 8. The maximum absolute atomic E-state index is 12.8. The van der Waals surface area contributed by atoms with Gasteiger partial charge in [-0.1, -0.05) is 36.4 Å². The Kier molecular flexibility index (Phi) is 5.63. The topological polar surface area (TPSA) is 74.9 Å². The van der Waals surface area contributed by atoms with Crippen molar-refractivity contribution in [2.24, 2.45) is 0 Å². The lowest BCUT2D eigenvalue weighted by Crippen LogP contribution is -2.33. The molecule has 0 bridgehead atoms. The van der Waals surface area contributed by atoms with Gasteiger partial charge >= 0.3 is 5.97 Å². The van der Waals surface area contributed by atoms with Crippen molar-refractivity contribution < 1.29 is 14.7 Å². The summed E-state index contributed by atoms with van der Waals surface area (Å²) in [7, 11) is 0. The third-order valence-electron chi connectivity index (χ3n) is 4.13. The molecule has 3 rings (SSSR count). The molecule has 6 heteroatoms. The van der Waals surface area contributed by atoms with Crippen molar-refractivity contribution in [1.82, 2.24) is 14.3 Å². The Balaban J connectivity index is 1.71. The van der Waals surface area contributed by atoms with Crippen molar-refractivity contribution in [3.63, 3.8) is 0 Å². The number of hydrogen-bond acceptors (Lipinski definition) is 3. The van der Waals surface area contributed by atoms with E-state index in [0.29, 0.717) is 25.2 Å². The van der Waals surface area contributed by atoms with E-state index in [-0.39, 0.29) is 18.7 Å². The van der Waals surface area contributed by atoms with E-state index in [4.69, 9.17) is 5.11 Å². The number of benzene rings is 1. The van der Waals surface area contributed by atoms with Crippen LogP contribution in [0.1, 0.15) is 24.1 Å². The predicted molar refractivity (Wildman–Crippen MR) is 97.6 cm³/mol. The van der Waals surface area contributed by atoms with Crippen LogP contribution < -0.4 is 0 Å². The van der Waals surface area contributed by atoms with Crippen molar-refractivity contribution >= 4 is 17.5 Å². The lowest BCUT2D eigenvalue weighted by atomic mass is 10.2. The lowest BCUT2D eigenvalue weighted by Gasteiger charge is -2.22. The smallest absolute Gasteiger partial charge is 0.303 e. The highest BCUT2D eigenvalue weighted by atomic mass is 16.4. The van der Waals surface area contributed by atoms with Gasteiger partial charge in [0.1, 0.15) is 5.65 Å². The molecule has 0 atom stereocenters. The summed E-state index contributed by atoms with van der Waals surface area (Å²) in [4.78, 5) is 29.8. The highest BCUT2D eigenvalue weighted by molar-refractivity contribution is 5.78. The molecule has 6 nitrogen and oxygen atoms in total. The number of aliphatic carboxylic acids is 1. The molecule has 3 aromatic rings. The number of carbonyl (C=O) groups excluding carboxylic acids is 1. The molecule has 0 unspecified atom stereocenters. The van der Waals surface area contributed by atoms with Gasteiger partial charge in [-0.3, -0.25) is 9.59 Å². The fourth-order valence-electron chi connectivity index (χ4n) is 2.86. The number of carbonyl (C=O) groups is 2. The van der Waals surface area contributed by atoms with Crippen LogP contribution in [0.5, 0.6) is 0 Å². The molecule has 1 aromatic carbocycles. The normalized spacial score (nSPS) is 10.8. The Morgan fingerprint density at radius 2 is 1.85 bits per heavy atom. The summed E-state index contributed by atoms with van der Waals surface area (Å²) in [6.07, 6.45) is 4.42. The molecule has 0 spiro atoms. The number of fused-ring (bicyclic) bond motifs is 1. The highest BCUT2D eigenvalue weighted by Crippen LogP contribution is 2.11. The minimum absolute atomic E-state index is 0.0485. The number of hydrogen-bond donors (Lipinski definition) is 1. The van der Waals surface area contributed by atoms with E-state index in [1.807, 2.05) is 65.3 Å². The Morgan fingerprint density at radius 3 is 2.58 bits per heavy atom. The second-order valence-electron chi connectivity index (χ2n) is 6.17. The van der Waals surface area contributed by atoms with Gasteiger partial charge in [0, 0.05) is 31.9 Å². The molecule has 0 aliphatic rings. The van der Waals surface area contributed by atoms with Gasteiger partial charge in [-0.15, -0.1) is 0 Å². The second kappa shape index (κ2) is 8.29. The third kappa shape index (κ3) is 4.69. The molecule has 2 heterocycles. The van der Waals surface area contributed by atoms with Crippen LogP contribution in [0.4, 0.5) is 0 Å². The van der Waals surface area contributed by atoms with Gasteiger partial charge in [-0.2, -0.15) is 0 Å². The Bertz CT molecular complexity index is 856. The number of pyridine rings is 1. The Labute approximate surface area is 151 Å². The van der Waals surface area contributed by atoms with Crippen molar-refractivity contribution in [3.05, 3.63) is 72.2 Å². The summed E-state index contributed by atoms with van der Waals surface area (Å²) in [5.74, 6) is -0.903. The van der Waals surface area contributed by atoms with Gasteiger partial charge in [0.15, 0.2) is 0 Å². The standard InChI is InChI=1S/C20H21N3O3/c24-19(13-17-15-22-11-5-4-9-18(22)21-17)23(12-6-10-20(25)26)14-16-7-2-1-3-8-16/h1-5,7-9,11,15H,6,10,12-14H2,(H,25,26). The molecule has 0 saturated carbocycles. The fourth-order valence-corrected chi connectivity index (χ4v) is 2.86. The van der Waals surface area contributed by atoms with Gasteiger partial charge in [0.25, 0.3) is 0 Å². The number of carboxylic acids is 1. The van der Waals surface area contributed by atoms with Crippen LogP contribution in [0.25, 0.3) is 5.65 Å². The number of carboxylic acid groups (broad SMARTS) is 1. The first kappa shape index (κ1) is 17.7. The minimum Gasteiger partial charge on any atom is -0.481 e. The average molecular weight is 351 g/mol. The van der Waals surface area contributed by atoms with Crippen LogP contribution in [0.2, 0.25) is 0 Å². The zero-order valence-corrected chi connectivity index (χ0v) is 14.4. The Morgan fingerprint density at radius 1 is 1.08 bits per heavy atom. The highest BCUT2D eigenvalue weighted by Gasteiger charge is 2.16. The lowest BCUT2D eigenvalue weighted by molar-refractivity contribution is -0.138. The van der Waals surface area contributed by atoms with Crippen LogP contribution in [-0.2, 0) is 22.6 Å². The van der Waals surface area contributed by atoms with Crippen LogP contribution in [0, 0.1) is 0 Å². The summed E-state index contributed by atoms with van der Waals surface area (Å²) in [5, 5.41) is 8.85. The summed E-state index contributed by atoms with van der Waals surface area (Å²) in [6.45, 7) is 0.875. The van der Waals surface area contributed by atoms with Gasteiger partial charge in [-0.25, -0.2) is 4.98 Å². The van der Waals surface area contributed by atoms with E-state index in [9.17, 15) is 9.59 Å². The molecule has 1 amide bonds. The maximum Gasteiger partial charge on any atom is 0.303 e. The van der Waals surface area contributed by atoms with E-state index in [0.717, 1.165) is 11.2 Å². The molecule has 134 valence electrons. The quantitative estimate of drug-likeness (QED) is 0.677. The largest absolute Gasteiger partial charge is 0.481 e. The predicted octanol–water partition coefficient (Wildman–Crippen LogP) is 2.77. The van der Waals surface area contributed by atoms with Crippen molar-refractivity contribution in [3.8, 4) is 0 Å². The van der Waals surface area contributed by atoms with E-state index in [1.165, 1.54) is 0 Å². The molecular weight excluding hydrogens is 330 g/mol. The van der Waals surface area contributed by atoms with Crippen LogP contribution in [0.3, 0.4) is 0 Å². The number of aromatic nitrogens is 2. The average Bonchev–Trinajstić information content (AvgIpc) is 3.03. The maximum atomic E-state index is 12.8. The van der Waals surface area contributed by atoms with Crippen LogP contribution in [0.15, 0.2) is 60.9 Å². The molecule has 0 saturated heterocycles. The molecule has 0 aliphatic heterocycles. The molecule has 0 radical (unpaired) electrons. The van der Waals surface area contributed by atoms with Crippen molar-refractivity contribution in [2.45, 2.75) is 25.8 Å². The van der Waals surface area contributed by atoms with Crippen LogP contribution >= 0.6 is 0 Å². The second-order valence-corrected chi connectivity index (χ2v) is 6.17. The summed E-state index contributed by atoms with van der Waals surface area (Å²) in [5.41, 5.74) is 2.53. The van der Waals surface area contributed by atoms with Gasteiger partial charge < -0.3 is 14.4 Å².